The quantitative estimate of drug-likeness (QED) is 0.284. The molecule has 3 N–H and O–H groups in total. The van der Waals surface area contributed by atoms with Crippen LogP contribution in [-0.2, 0) is 0 Å². The molecule has 4 aromatic rings. The molecular weight excluding hydrogens is 423 g/mol. The van der Waals surface area contributed by atoms with Crippen molar-refractivity contribution in [1.82, 2.24) is 20.2 Å². The summed E-state index contributed by atoms with van der Waals surface area (Å²) in [4.78, 5) is 9.30. The molecule has 0 spiro atoms. The number of benzene rings is 2. The number of hydrogen-bond donors (Lipinski definition) is 4. The van der Waals surface area contributed by atoms with E-state index in [1.165, 1.54) is 12.3 Å². The zero-order valence-corrected chi connectivity index (χ0v) is 17.8. The van der Waals surface area contributed by atoms with Crippen LogP contribution < -0.4 is 10.6 Å². The topological polar surface area (TPSA) is 78.5 Å². The van der Waals surface area contributed by atoms with E-state index in [1.807, 2.05) is 44.2 Å². The second-order valence-electron chi connectivity index (χ2n) is 6.77. The molecule has 9 heteroatoms. The third-order valence-corrected chi connectivity index (χ3v) is 4.97. The number of anilines is 4. The first-order valence-corrected chi connectivity index (χ1v) is 9.90. The molecule has 0 aliphatic carbocycles. The summed E-state index contributed by atoms with van der Waals surface area (Å²) in [7, 11) is 0. The molecule has 152 valence electrons. The van der Waals surface area contributed by atoms with Gasteiger partial charge in [0.2, 0.25) is 5.95 Å². The van der Waals surface area contributed by atoms with Gasteiger partial charge in [0.1, 0.15) is 10.8 Å². The maximum atomic E-state index is 14.8. The van der Waals surface area contributed by atoms with E-state index in [9.17, 15) is 4.39 Å². The van der Waals surface area contributed by atoms with Crippen molar-refractivity contribution in [1.29, 1.82) is 0 Å². The molecule has 0 saturated heterocycles. The Kier molecular flexibility index (Phi) is 5.61. The first-order chi connectivity index (χ1) is 14.4. The van der Waals surface area contributed by atoms with Gasteiger partial charge in [-0.05, 0) is 54.8 Å². The highest BCUT2D eigenvalue weighted by molar-refractivity contribution is 7.80. The number of H-pyrrole nitrogens is 1. The number of thiol groups is 1. The SMILES string of the molecule is Cc1cc(Nc2nc(Nc3cc(C)c(-c4cccc(S)c4)cc3F)ncc2Cl)n[nH]1. The zero-order valence-electron chi connectivity index (χ0n) is 16.2. The van der Waals surface area contributed by atoms with Crippen LogP contribution >= 0.6 is 24.2 Å². The van der Waals surface area contributed by atoms with Crippen LogP contribution in [-0.4, -0.2) is 20.2 Å². The van der Waals surface area contributed by atoms with E-state index in [2.05, 4.69) is 43.4 Å². The molecule has 0 bridgehead atoms. The number of aromatic amines is 1. The minimum absolute atomic E-state index is 0.206. The zero-order chi connectivity index (χ0) is 21.3. The van der Waals surface area contributed by atoms with E-state index >= 15 is 0 Å². The second kappa shape index (κ2) is 8.33. The fourth-order valence-electron chi connectivity index (χ4n) is 3.00. The van der Waals surface area contributed by atoms with E-state index in [0.717, 1.165) is 27.3 Å². The fourth-order valence-corrected chi connectivity index (χ4v) is 3.36. The van der Waals surface area contributed by atoms with E-state index in [0.29, 0.717) is 16.7 Å². The van der Waals surface area contributed by atoms with Crippen LogP contribution in [0.1, 0.15) is 11.3 Å². The van der Waals surface area contributed by atoms with Crippen LogP contribution in [0.25, 0.3) is 11.1 Å². The Morgan fingerprint density at radius 3 is 2.67 bits per heavy atom. The van der Waals surface area contributed by atoms with Gasteiger partial charge in [0.05, 0.1) is 11.9 Å². The van der Waals surface area contributed by atoms with Gasteiger partial charge in [-0.25, -0.2) is 9.37 Å². The third kappa shape index (κ3) is 4.39. The minimum Gasteiger partial charge on any atom is -0.322 e. The average Bonchev–Trinajstić information content (AvgIpc) is 3.11. The Labute approximate surface area is 183 Å². The molecule has 30 heavy (non-hydrogen) atoms. The maximum absolute atomic E-state index is 14.8. The van der Waals surface area contributed by atoms with Gasteiger partial charge in [-0.15, -0.1) is 12.6 Å². The van der Waals surface area contributed by atoms with Gasteiger partial charge in [0.25, 0.3) is 0 Å². The standard InChI is InChI=1S/C21H18ClFN6S/c1-11-6-18(17(23)9-15(11)13-4-3-5-14(30)8-13)25-21-24-10-16(22)20(27-21)26-19-7-12(2)28-29-19/h3-10,30H,1-2H3,(H3,24,25,26,27,28,29). The van der Waals surface area contributed by atoms with Gasteiger partial charge >= 0.3 is 0 Å². The molecule has 0 saturated carbocycles. The molecular formula is C21H18ClFN6S. The Morgan fingerprint density at radius 2 is 1.93 bits per heavy atom. The summed E-state index contributed by atoms with van der Waals surface area (Å²) in [6, 6.07) is 12.6. The monoisotopic (exact) mass is 440 g/mol. The van der Waals surface area contributed by atoms with Crippen LogP contribution in [0.3, 0.4) is 0 Å². The summed E-state index contributed by atoms with van der Waals surface area (Å²) in [5.41, 5.74) is 3.75. The van der Waals surface area contributed by atoms with Crippen molar-refractivity contribution in [3.8, 4) is 11.1 Å². The molecule has 0 atom stereocenters. The number of aryl methyl sites for hydroxylation is 2. The van der Waals surface area contributed by atoms with Gasteiger partial charge in [-0.1, -0.05) is 23.7 Å². The molecule has 0 aliphatic heterocycles. The van der Waals surface area contributed by atoms with Crippen molar-refractivity contribution >= 4 is 47.5 Å². The summed E-state index contributed by atoms with van der Waals surface area (Å²) in [6.07, 6.45) is 1.44. The molecule has 2 heterocycles. The Bertz CT molecular complexity index is 1230. The second-order valence-corrected chi connectivity index (χ2v) is 7.70. The number of aromatic nitrogens is 4. The smallest absolute Gasteiger partial charge is 0.229 e. The largest absolute Gasteiger partial charge is 0.322 e. The normalized spacial score (nSPS) is 10.8. The summed E-state index contributed by atoms with van der Waals surface area (Å²) >= 11 is 10.5. The molecule has 2 aromatic heterocycles. The van der Waals surface area contributed by atoms with Gasteiger partial charge in [-0.3, -0.25) is 5.10 Å². The first-order valence-electron chi connectivity index (χ1n) is 9.07. The number of hydrogen-bond acceptors (Lipinski definition) is 6. The van der Waals surface area contributed by atoms with E-state index in [-0.39, 0.29) is 11.6 Å². The number of rotatable bonds is 5. The van der Waals surface area contributed by atoms with E-state index in [4.69, 9.17) is 11.6 Å². The van der Waals surface area contributed by atoms with Gasteiger partial charge in [-0.2, -0.15) is 10.1 Å². The first kappa shape index (κ1) is 20.2. The fraction of sp³-hybridized carbons (Fsp3) is 0.0952. The lowest BCUT2D eigenvalue weighted by molar-refractivity contribution is 0.631. The van der Waals surface area contributed by atoms with Crippen LogP contribution in [0.5, 0.6) is 0 Å². The lowest BCUT2D eigenvalue weighted by Gasteiger charge is -2.13. The van der Waals surface area contributed by atoms with Gasteiger partial charge < -0.3 is 10.6 Å². The van der Waals surface area contributed by atoms with Crippen molar-refractivity contribution < 1.29 is 4.39 Å². The van der Waals surface area contributed by atoms with E-state index in [1.54, 1.807) is 6.07 Å². The maximum Gasteiger partial charge on any atom is 0.229 e. The van der Waals surface area contributed by atoms with Crippen molar-refractivity contribution in [2.75, 3.05) is 10.6 Å². The Hall–Kier alpha value is -3.10. The summed E-state index contributed by atoms with van der Waals surface area (Å²) < 4.78 is 14.8. The van der Waals surface area contributed by atoms with Crippen molar-refractivity contribution in [3.63, 3.8) is 0 Å². The highest BCUT2D eigenvalue weighted by Gasteiger charge is 2.13. The van der Waals surface area contributed by atoms with Gasteiger partial charge in [0.15, 0.2) is 11.6 Å². The highest BCUT2D eigenvalue weighted by atomic mass is 35.5. The van der Waals surface area contributed by atoms with Gasteiger partial charge in [0, 0.05) is 16.7 Å². The minimum atomic E-state index is -0.420. The number of halogens is 2. The molecule has 0 amide bonds. The van der Waals surface area contributed by atoms with Crippen molar-refractivity contribution in [2.45, 2.75) is 18.7 Å². The summed E-state index contributed by atoms with van der Waals surface area (Å²) in [5.74, 6) is 0.713. The summed E-state index contributed by atoms with van der Waals surface area (Å²) in [5, 5.41) is 13.2. The Morgan fingerprint density at radius 1 is 1.10 bits per heavy atom. The average molecular weight is 441 g/mol. The Balaban J connectivity index is 1.61. The lowest BCUT2D eigenvalue weighted by atomic mass is 9.99. The predicted octanol–water partition coefficient (Wildman–Crippen LogP) is 6.05. The molecule has 0 aliphatic rings. The van der Waals surface area contributed by atoms with Crippen LogP contribution in [0.2, 0.25) is 5.02 Å². The molecule has 4 rings (SSSR count). The number of nitrogens with one attached hydrogen (secondary N) is 3. The third-order valence-electron chi connectivity index (χ3n) is 4.41. The summed E-state index contributed by atoms with van der Waals surface area (Å²) in [6.45, 7) is 3.80. The van der Waals surface area contributed by atoms with E-state index < -0.39 is 5.82 Å². The van der Waals surface area contributed by atoms with Crippen molar-refractivity contribution in [3.05, 3.63) is 70.8 Å². The van der Waals surface area contributed by atoms with Crippen LogP contribution in [0.15, 0.2) is 53.6 Å². The lowest BCUT2D eigenvalue weighted by Crippen LogP contribution is -2.03. The molecule has 2 aromatic carbocycles. The molecule has 0 radical (unpaired) electrons. The van der Waals surface area contributed by atoms with Crippen molar-refractivity contribution in [2.24, 2.45) is 0 Å². The van der Waals surface area contributed by atoms with Crippen LogP contribution in [0, 0.1) is 19.7 Å². The highest BCUT2D eigenvalue weighted by Crippen LogP contribution is 2.31. The number of nitrogens with zero attached hydrogens (tertiary/aromatic N) is 3. The predicted molar refractivity (Wildman–Crippen MR) is 121 cm³/mol. The molecule has 6 nitrogen and oxygen atoms in total. The molecule has 0 unspecified atom stereocenters. The molecule has 0 fully saturated rings. The van der Waals surface area contributed by atoms with Crippen LogP contribution in [0.4, 0.5) is 27.7 Å².